The third-order valence-electron chi connectivity index (χ3n) is 4.62. The molecule has 4 aromatic rings. The highest BCUT2D eigenvalue weighted by Crippen LogP contribution is 2.41. The van der Waals surface area contributed by atoms with Crippen LogP contribution in [0.3, 0.4) is 0 Å². The van der Waals surface area contributed by atoms with Gasteiger partial charge >= 0.3 is 0 Å². The molecular weight excluding hydrogens is 312 g/mol. The van der Waals surface area contributed by atoms with E-state index in [4.69, 9.17) is 11.5 Å². The van der Waals surface area contributed by atoms with E-state index < -0.39 is 0 Å². The van der Waals surface area contributed by atoms with Crippen molar-refractivity contribution in [2.45, 2.75) is 6.04 Å². The van der Waals surface area contributed by atoms with Crippen LogP contribution in [-0.2, 0) is 0 Å². The van der Waals surface area contributed by atoms with Crippen LogP contribution in [0.25, 0.3) is 16.8 Å². The van der Waals surface area contributed by atoms with Crippen LogP contribution in [-0.4, -0.2) is 14.6 Å². The van der Waals surface area contributed by atoms with Crippen LogP contribution >= 0.6 is 0 Å². The quantitative estimate of drug-likeness (QED) is 0.467. The van der Waals surface area contributed by atoms with Gasteiger partial charge in [-0.25, -0.2) is 9.50 Å². The van der Waals surface area contributed by atoms with Gasteiger partial charge in [-0.2, -0.15) is 0 Å². The molecule has 1 atom stereocenters. The molecule has 25 heavy (non-hydrogen) atoms. The van der Waals surface area contributed by atoms with Crippen molar-refractivity contribution < 1.29 is 0 Å². The molecule has 0 saturated heterocycles. The predicted octanol–water partition coefficient (Wildman–Crippen LogP) is 3.08. The van der Waals surface area contributed by atoms with Gasteiger partial charge in [-0.3, -0.25) is 0 Å². The molecule has 0 saturated carbocycles. The molecule has 2 aromatic heterocycles. The summed E-state index contributed by atoms with van der Waals surface area (Å²) >= 11 is 0. The minimum atomic E-state index is -0.0276. The van der Waals surface area contributed by atoms with Crippen molar-refractivity contribution >= 4 is 22.8 Å². The Bertz CT molecular complexity index is 1100. The van der Waals surface area contributed by atoms with Crippen molar-refractivity contribution in [1.82, 2.24) is 14.6 Å². The number of rotatable bonds is 1. The lowest BCUT2D eigenvalue weighted by Crippen LogP contribution is -2.11. The number of nitrogen functional groups attached to an aromatic ring is 2. The molecule has 5 N–H and O–H groups in total. The lowest BCUT2D eigenvalue weighted by Gasteiger charge is -2.19. The van der Waals surface area contributed by atoms with E-state index in [1.165, 1.54) is 0 Å². The van der Waals surface area contributed by atoms with E-state index in [0.29, 0.717) is 0 Å². The van der Waals surface area contributed by atoms with Crippen LogP contribution < -0.4 is 16.8 Å². The summed E-state index contributed by atoms with van der Waals surface area (Å²) in [5, 5.41) is 7.98. The zero-order chi connectivity index (χ0) is 17.0. The molecule has 0 radical (unpaired) electrons. The summed E-state index contributed by atoms with van der Waals surface area (Å²) in [6.07, 6.45) is 1.92. The summed E-state index contributed by atoms with van der Waals surface area (Å²) in [6.45, 7) is 0. The number of hydrogen-bond donors (Lipinski definition) is 3. The highest BCUT2D eigenvalue weighted by atomic mass is 15.3. The second-order valence-electron chi connectivity index (χ2n) is 6.17. The summed E-state index contributed by atoms with van der Waals surface area (Å²) in [7, 11) is 0. The smallest absolute Gasteiger partial charge is 0.238 e. The molecule has 6 nitrogen and oxygen atoms in total. The van der Waals surface area contributed by atoms with Gasteiger partial charge in [-0.05, 0) is 29.8 Å². The maximum absolute atomic E-state index is 5.93. The molecule has 1 aliphatic rings. The van der Waals surface area contributed by atoms with Gasteiger partial charge in [-0.15, -0.1) is 5.10 Å². The summed E-state index contributed by atoms with van der Waals surface area (Å²) in [6, 6.07) is 18.1. The van der Waals surface area contributed by atoms with Crippen molar-refractivity contribution in [3.63, 3.8) is 0 Å². The molecular formula is C19H16N6. The van der Waals surface area contributed by atoms with E-state index in [-0.39, 0.29) is 12.0 Å². The Labute approximate surface area is 144 Å². The SMILES string of the molecule is Nc1ccc(C2Nc3ccccc3-c3nc(N)nn4ccc2c34)cc1. The first-order valence-electron chi connectivity index (χ1n) is 8.07. The van der Waals surface area contributed by atoms with Crippen molar-refractivity contribution in [3.8, 4) is 11.3 Å². The number of nitrogens with two attached hydrogens (primary N) is 2. The van der Waals surface area contributed by atoms with Crippen molar-refractivity contribution in [1.29, 1.82) is 0 Å². The fourth-order valence-electron chi connectivity index (χ4n) is 3.49. The molecule has 122 valence electrons. The van der Waals surface area contributed by atoms with Gasteiger partial charge in [0.1, 0.15) is 5.69 Å². The molecule has 2 aromatic carbocycles. The van der Waals surface area contributed by atoms with E-state index in [0.717, 1.165) is 39.3 Å². The van der Waals surface area contributed by atoms with E-state index in [9.17, 15) is 0 Å². The maximum atomic E-state index is 5.93. The summed E-state index contributed by atoms with van der Waals surface area (Å²) in [4.78, 5) is 4.53. The Balaban J connectivity index is 1.84. The minimum absolute atomic E-state index is 0.0276. The molecule has 0 spiro atoms. The van der Waals surface area contributed by atoms with Gasteiger partial charge in [0.15, 0.2) is 0 Å². The second-order valence-corrected chi connectivity index (χ2v) is 6.17. The Morgan fingerprint density at radius 2 is 1.76 bits per heavy atom. The summed E-state index contributed by atoms with van der Waals surface area (Å²) in [5.41, 5.74) is 18.6. The summed E-state index contributed by atoms with van der Waals surface area (Å²) in [5.74, 6) is 0.255. The number of anilines is 3. The molecule has 0 aliphatic carbocycles. The topological polar surface area (TPSA) is 94.3 Å². The largest absolute Gasteiger partial charge is 0.399 e. The monoisotopic (exact) mass is 328 g/mol. The van der Waals surface area contributed by atoms with Gasteiger partial charge in [0, 0.05) is 28.7 Å². The average molecular weight is 328 g/mol. The fraction of sp³-hybridized carbons (Fsp3) is 0.0526. The maximum Gasteiger partial charge on any atom is 0.238 e. The Morgan fingerprint density at radius 3 is 2.60 bits per heavy atom. The normalized spacial score (nSPS) is 15.4. The van der Waals surface area contributed by atoms with Crippen LogP contribution in [0, 0.1) is 0 Å². The predicted molar refractivity (Wildman–Crippen MR) is 99.2 cm³/mol. The van der Waals surface area contributed by atoms with Crippen LogP contribution in [0.2, 0.25) is 0 Å². The minimum Gasteiger partial charge on any atom is -0.399 e. The van der Waals surface area contributed by atoms with Gasteiger partial charge in [0.25, 0.3) is 0 Å². The first-order chi connectivity index (χ1) is 12.2. The van der Waals surface area contributed by atoms with Crippen LogP contribution in [0.4, 0.5) is 17.3 Å². The third-order valence-corrected chi connectivity index (χ3v) is 4.62. The van der Waals surface area contributed by atoms with Crippen molar-refractivity contribution in [2.24, 2.45) is 0 Å². The Hall–Kier alpha value is -3.54. The van der Waals surface area contributed by atoms with Gasteiger partial charge < -0.3 is 16.8 Å². The van der Waals surface area contributed by atoms with E-state index in [2.05, 4.69) is 27.5 Å². The Morgan fingerprint density at radius 1 is 0.960 bits per heavy atom. The zero-order valence-corrected chi connectivity index (χ0v) is 13.3. The molecule has 1 unspecified atom stereocenters. The zero-order valence-electron chi connectivity index (χ0n) is 13.3. The lowest BCUT2D eigenvalue weighted by atomic mass is 9.99. The molecule has 0 bridgehead atoms. The standard InChI is InChI=1S/C19H16N6/c20-12-7-5-11(6-8-12)16-14-9-10-25-18(14)17(23-19(21)24-25)13-3-1-2-4-15(13)22-16/h1-10,16,22H,20H2,(H2,21,24). The lowest BCUT2D eigenvalue weighted by molar-refractivity contribution is 0.911. The van der Waals surface area contributed by atoms with Crippen LogP contribution in [0.5, 0.6) is 0 Å². The highest BCUT2D eigenvalue weighted by molar-refractivity contribution is 5.90. The molecule has 0 fully saturated rings. The number of aromatic nitrogens is 3. The number of fused-ring (bicyclic) bond motifs is 2. The highest BCUT2D eigenvalue weighted by Gasteiger charge is 2.26. The van der Waals surface area contributed by atoms with E-state index >= 15 is 0 Å². The molecule has 6 heteroatoms. The first kappa shape index (κ1) is 13.9. The van der Waals surface area contributed by atoms with Crippen LogP contribution in [0.1, 0.15) is 17.2 Å². The van der Waals surface area contributed by atoms with Gasteiger partial charge in [0.2, 0.25) is 5.95 Å². The first-order valence-corrected chi connectivity index (χ1v) is 8.07. The molecule has 1 aliphatic heterocycles. The van der Waals surface area contributed by atoms with Crippen molar-refractivity contribution in [3.05, 3.63) is 71.9 Å². The third kappa shape index (κ3) is 2.04. The van der Waals surface area contributed by atoms with Gasteiger partial charge in [-0.1, -0.05) is 30.3 Å². The number of nitrogens with zero attached hydrogens (tertiary/aromatic N) is 3. The average Bonchev–Trinajstić information content (AvgIpc) is 2.97. The van der Waals surface area contributed by atoms with E-state index in [1.807, 2.05) is 48.7 Å². The van der Waals surface area contributed by atoms with Crippen molar-refractivity contribution in [2.75, 3.05) is 16.8 Å². The Kier molecular flexibility index (Phi) is 2.76. The second kappa shape index (κ2) is 4.98. The van der Waals surface area contributed by atoms with Gasteiger partial charge in [0.05, 0.1) is 11.6 Å². The number of para-hydroxylation sites is 1. The number of benzene rings is 2. The number of nitrogens with one attached hydrogen (secondary N) is 1. The molecule has 3 heterocycles. The van der Waals surface area contributed by atoms with Crippen LogP contribution in [0.15, 0.2) is 60.8 Å². The molecule has 5 rings (SSSR count). The fourth-order valence-corrected chi connectivity index (χ4v) is 3.49. The molecule has 0 amide bonds. The summed E-state index contributed by atoms with van der Waals surface area (Å²) < 4.78 is 1.81. The van der Waals surface area contributed by atoms with E-state index in [1.54, 1.807) is 4.52 Å². The number of hydrogen-bond acceptors (Lipinski definition) is 5.